The van der Waals surface area contributed by atoms with Crippen LogP contribution in [0.1, 0.15) is 59.3 Å². The van der Waals surface area contributed by atoms with E-state index in [1.165, 1.54) is 19.3 Å². The number of hydrogen-bond acceptors (Lipinski definition) is 3. The van der Waals surface area contributed by atoms with E-state index in [1.807, 2.05) is 0 Å². The van der Waals surface area contributed by atoms with Crippen LogP contribution in [0.15, 0.2) is 0 Å². The van der Waals surface area contributed by atoms with E-state index < -0.39 is 0 Å². The molecular weight excluding hydrogens is 238 g/mol. The van der Waals surface area contributed by atoms with Crippen molar-refractivity contribution in [2.45, 2.75) is 71.0 Å². The third-order valence-corrected chi connectivity index (χ3v) is 5.09. The predicted molar refractivity (Wildman–Crippen MR) is 78.1 cm³/mol. The minimum atomic E-state index is -0.0757. The Morgan fingerprint density at radius 1 is 1.21 bits per heavy atom. The first-order valence-corrected chi connectivity index (χ1v) is 7.91. The van der Waals surface area contributed by atoms with Gasteiger partial charge in [0, 0.05) is 13.2 Å². The van der Waals surface area contributed by atoms with Crippen LogP contribution in [0.3, 0.4) is 0 Å². The van der Waals surface area contributed by atoms with E-state index in [4.69, 9.17) is 15.2 Å². The van der Waals surface area contributed by atoms with Crippen molar-refractivity contribution >= 4 is 0 Å². The number of rotatable bonds is 4. The Labute approximate surface area is 118 Å². The molecule has 2 N–H and O–H groups in total. The van der Waals surface area contributed by atoms with E-state index in [1.54, 1.807) is 0 Å². The molecule has 2 rings (SSSR count). The van der Waals surface area contributed by atoms with Crippen LogP contribution < -0.4 is 5.73 Å². The molecule has 19 heavy (non-hydrogen) atoms. The quantitative estimate of drug-likeness (QED) is 0.853. The molecule has 1 atom stereocenters. The first-order valence-electron chi connectivity index (χ1n) is 7.91. The van der Waals surface area contributed by atoms with Crippen LogP contribution >= 0.6 is 0 Å². The standard InChI is InChI=1S/C16H31NO2/c1-15(2,3)13-6-8-16(12-17,9-7-13)19-11-14-5-4-10-18-14/h13-14H,4-12,17H2,1-3H3. The minimum absolute atomic E-state index is 0.0757. The van der Waals surface area contributed by atoms with Crippen molar-refractivity contribution in [3.8, 4) is 0 Å². The largest absolute Gasteiger partial charge is 0.376 e. The molecule has 1 saturated carbocycles. The van der Waals surface area contributed by atoms with Gasteiger partial charge in [0.15, 0.2) is 0 Å². The van der Waals surface area contributed by atoms with Crippen molar-refractivity contribution in [1.29, 1.82) is 0 Å². The SMILES string of the molecule is CC(C)(C)C1CCC(CN)(OCC2CCCO2)CC1. The molecule has 2 aliphatic rings. The van der Waals surface area contributed by atoms with Gasteiger partial charge in [-0.2, -0.15) is 0 Å². The van der Waals surface area contributed by atoms with Gasteiger partial charge in [0.05, 0.1) is 18.3 Å². The van der Waals surface area contributed by atoms with Crippen LogP contribution in [-0.2, 0) is 9.47 Å². The summed E-state index contributed by atoms with van der Waals surface area (Å²) in [4.78, 5) is 0. The highest BCUT2D eigenvalue weighted by Gasteiger charge is 2.39. The Morgan fingerprint density at radius 2 is 1.89 bits per heavy atom. The molecule has 0 spiro atoms. The van der Waals surface area contributed by atoms with Gasteiger partial charge >= 0.3 is 0 Å². The monoisotopic (exact) mass is 269 g/mol. The van der Waals surface area contributed by atoms with Gasteiger partial charge in [0.2, 0.25) is 0 Å². The summed E-state index contributed by atoms with van der Waals surface area (Å²) in [7, 11) is 0. The molecule has 1 heterocycles. The predicted octanol–water partition coefficient (Wildman–Crippen LogP) is 3.12. The topological polar surface area (TPSA) is 44.5 Å². The Bertz CT molecular complexity index is 271. The van der Waals surface area contributed by atoms with Crippen LogP contribution in [-0.4, -0.2) is 31.5 Å². The summed E-state index contributed by atoms with van der Waals surface area (Å²) in [5.74, 6) is 0.804. The Morgan fingerprint density at radius 3 is 2.37 bits per heavy atom. The maximum absolute atomic E-state index is 6.21. The van der Waals surface area contributed by atoms with E-state index in [9.17, 15) is 0 Å². The van der Waals surface area contributed by atoms with Gasteiger partial charge in [0.1, 0.15) is 0 Å². The summed E-state index contributed by atoms with van der Waals surface area (Å²) in [6.07, 6.45) is 7.33. The van der Waals surface area contributed by atoms with E-state index in [0.717, 1.165) is 38.4 Å². The minimum Gasteiger partial charge on any atom is -0.376 e. The second kappa shape index (κ2) is 6.11. The summed E-state index contributed by atoms with van der Waals surface area (Å²) in [5.41, 5.74) is 6.35. The first kappa shape index (κ1) is 15.3. The van der Waals surface area contributed by atoms with Crippen LogP contribution in [0.2, 0.25) is 0 Å². The highest BCUT2D eigenvalue weighted by atomic mass is 16.5. The third kappa shape index (κ3) is 3.93. The first-order chi connectivity index (χ1) is 8.95. The van der Waals surface area contributed by atoms with Gasteiger partial charge in [0.25, 0.3) is 0 Å². The molecule has 0 aromatic heterocycles. The highest BCUT2D eigenvalue weighted by Crippen LogP contribution is 2.42. The molecule has 1 unspecified atom stereocenters. The van der Waals surface area contributed by atoms with Crippen molar-refractivity contribution in [2.75, 3.05) is 19.8 Å². The van der Waals surface area contributed by atoms with Crippen molar-refractivity contribution in [2.24, 2.45) is 17.1 Å². The van der Waals surface area contributed by atoms with Crippen LogP contribution in [0.4, 0.5) is 0 Å². The smallest absolute Gasteiger partial charge is 0.0809 e. The highest BCUT2D eigenvalue weighted by molar-refractivity contribution is 4.91. The molecule has 0 aromatic carbocycles. The lowest BCUT2D eigenvalue weighted by Gasteiger charge is -2.43. The lowest BCUT2D eigenvalue weighted by molar-refractivity contribution is -0.107. The molecule has 3 nitrogen and oxygen atoms in total. The van der Waals surface area contributed by atoms with E-state index >= 15 is 0 Å². The molecule has 1 saturated heterocycles. The Kier molecular flexibility index (Phi) is 4.91. The molecule has 1 aliphatic heterocycles. The van der Waals surface area contributed by atoms with Gasteiger partial charge in [-0.25, -0.2) is 0 Å². The molecule has 0 bridgehead atoms. The fourth-order valence-electron chi connectivity index (χ4n) is 3.46. The van der Waals surface area contributed by atoms with Crippen LogP contribution in [0, 0.1) is 11.3 Å². The molecular formula is C16H31NO2. The van der Waals surface area contributed by atoms with Gasteiger partial charge in [-0.3, -0.25) is 0 Å². The average molecular weight is 269 g/mol. The Hall–Kier alpha value is -0.120. The van der Waals surface area contributed by atoms with Gasteiger partial charge < -0.3 is 15.2 Å². The van der Waals surface area contributed by atoms with E-state index in [0.29, 0.717) is 18.1 Å². The molecule has 112 valence electrons. The molecule has 0 radical (unpaired) electrons. The van der Waals surface area contributed by atoms with Gasteiger partial charge in [-0.05, 0) is 49.9 Å². The second-order valence-electron chi connectivity index (χ2n) is 7.47. The van der Waals surface area contributed by atoms with Gasteiger partial charge in [-0.1, -0.05) is 20.8 Å². The molecule has 1 aliphatic carbocycles. The maximum atomic E-state index is 6.21. The molecule has 2 fully saturated rings. The van der Waals surface area contributed by atoms with Crippen molar-refractivity contribution < 1.29 is 9.47 Å². The molecule has 3 heteroatoms. The van der Waals surface area contributed by atoms with Crippen LogP contribution in [0.25, 0.3) is 0 Å². The lowest BCUT2D eigenvalue weighted by atomic mass is 9.68. The fraction of sp³-hybridized carbons (Fsp3) is 1.00. The van der Waals surface area contributed by atoms with Crippen molar-refractivity contribution in [3.63, 3.8) is 0 Å². The second-order valence-corrected chi connectivity index (χ2v) is 7.47. The van der Waals surface area contributed by atoms with E-state index in [-0.39, 0.29) is 5.60 Å². The van der Waals surface area contributed by atoms with E-state index in [2.05, 4.69) is 20.8 Å². The lowest BCUT2D eigenvalue weighted by Crippen LogP contribution is -2.46. The summed E-state index contributed by atoms with van der Waals surface area (Å²) < 4.78 is 11.9. The molecule has 0 aromatic rings. The normalized spacial score (nSPS) is 36.6. The Balaban J connectivity index is 1.83. The van der Waals surface area contributed by atoms with Gasteiger partial charge in [-0.15, -0.1) is 0 Å². The zero-order valence-electron chi connectivity index (χ0n) is 12.9. The van der Waals surface area contributed by atoms with Crippen molar-refractivity contribution in [1.82, 2.24) is 0 Å². The molecule has 0 amide bonds. The summed E-state index contributed by atoms with van der Waals surface area (Å²) in [6, 6.07) is 0. The average Bonchev–Trinajstić information content (AvgIpc) is 2.89. The summed E-state index contributed by atoms with van der Waals surface area (Å²) in [6.45, 7) is 9.32. The van der Waals surface area contributed by atoms with Crippen LogP contribution in [0.5, 0.6) is 0 Å². The third-order valence-electron chi connectivity index (χ3n) is 5.09. The number of nitrogens with two attached hydrogens (primary N) is 1. The zero-order chi connectivity index (χ0) is 13.9. The zero-order valence-corrected chi connectivity index (χ0v) is 12.9. The summed E-state index contributed by atoms with van der Waals surface area (Å²) >= 11 is 0. The fourth-order valence-corrected chi connectivity index (χ4v) is 3.46. The maximum Gasteiger partial charge on any atom is 0.0809 e. The summed E-state index contributed by atoms with van der Waals surface area (Å²) in [5, 5.41) is 0. The number of ether oxygens (including phenoxy) is 2. The number of hydrogen-bond donors (Lipinski definition) is 1. The van der Waals surface area contributed by atoms with Crippen molar-refractivity contribution in [3.05, 3.63) is 0 Å².